The first kappa shape index (κ1) is 15.1. The number of nitrogens with one attached hydrogen (secondary N) is 1. The molecule has 1 N–H and O–H groups in total. The number of hydrogen-bond acceptors (Lipinski definition) is 1. The maximum absolute atomic E-state index is 13.8. The lowest BCUT2D eigenvalue weighted by Gasteiger charge is -2.28. The van der Waals surface area contributed by atoms with E-state index in [1.165, 1.54) is 38.2 Å². The van der Waals surface area contributed by atoms with Crippen LogP contribution in [0.5, 0.6) is 0 Å². The lowest BCUT2D eigenvalue weighted by molar-refractivity contribution is 0.0719. The van der Waals surface area contributed by atoms with Crippen LogP contribution >= 0.6 is 0 Å². The summed E-state index contributed by atoms with van der Waals surface area (Å²) in [5.74, 6) is 0.297. The molecule has 2 aromatic rings. The lowest BCUT2D eigenvalue weighted by atomic mass is 9.89. The highest BCUT2D eigenvalue weighted by Gasteiger charge is 2.22. The summed E-state index contributed by atoms with van der Waals surface area (Å²) in [6.07, 6.45) is 6.29. The second kappa shape index (κ2) is 6.51. The number of fused-ring (bicyclic) bond motifs is 1. The van der Waals surface area contributed by atoms with Gasteiger partial charge in [-0.25, -0.2) is 4.39 Å². The van der Waals surface area contributed by atoms with E-state index in [0.717, 1.165) is 6.54 Å². The number of hydrogen-bond donors (Lipinski definition) is 1. The number of carbonyl (C=O) groups excluding carboxylic acids is 1. The molecule has 1 aliphatic carbocycles. The molecule has 1 aromatic heterocycles. The van der Waals surface area contributed by atoms with Crippen LogP contribution in [-0.4, -0.2) is 28.9 Å². The Balaban J connectivity index is 1.78. The van der Waals surface area contributed by atoms with Crippen LogP contribution in [0.2, 0.25) is 0 Å². The van der Waals surface area contributed by atoms with E-state index < -0.39 is 0 Å². The highest BCUT2D eigenvalue weighted by atomic mass is 19.1. The Kier molecular flexibility index (Phi) is 4.46. The minimum atomic E-state index is -0.289. The molecular weight excluding hydrogens is 279 g/mol. The van der Waals surface area contributed by atoms with E-state index in [2.05, 4.69) is 4.98 Å². The van der Waals surface area contributed by atoms with Crippen LogP contribution in [0.25, 0.3) is 10.9 Å². The molecule has 0 unspecified atom stereocenters. The number of nitrogens with zero attached hydrogens (tertiary/aromatic N) is 1. The summed E-state index contributed by atoms with van der Waals surface area (Å²) >= 11 is 0. The van der Waals surface area contributed by atoms with Gasteiger partial charge >= 0.3 is 0 Å². The van der Waals surface area contributed by atoms with Gasteiger partial charge in [0.15, 0.2) is 0 Å². The van der Waals surface area contributed by atoms with Crippen molar-refractivity contribution in [3.05, 3.63) is 35.8 Å². The highest BCUT2D eigenvalue weighted by Crippen LogP contribution is 2.25. The van der Waals surface area contributed by atoms with E-state index in [1.807, 2.05) is 11.8 Å². The summed E-state index contributed by atoms with van der Waals surface area (Å²) in [7, 11) is 0. The molecule has 1 aromatic carbocycles. The minimum Gasteiger partial charge on any atom is -0.350 e. The zero-order valence-electron chi connectivity index (χ0n) is 13.1. The van der Waals surface area contributed by atoms with Gasteiger partial charge in [-0.2, -0.15) is 0 Å². The number of carbonyl (C=O) groups is 1. The molecule has 3 rings (SSSR count). The van der Waals surface area contributed by atoms with Crippen molar-refractivity contribution in [3.8, 4) is 0 Å². The van der Waals surface area contributed by atoms with Crippen molar-refractivity contribution >= 4 is 16.8 Å². The van der Waals surface area contributed by atoms with E-state index in [9.17, 15) is 9.18 Å². The molecule has 0 spiro atoms. The zero-order chi connectivity index (χ0) is 15.5. The molecular formula is C18H23FN2O. The van der Waals surface area contributed by atoms with Gasteiger partial charge in [-0.15, -0.1) is 0 Å². The number of rotatable bonds is 4. The van der Waals surface area contributed by atoms with Crippen LogP contribution in [-0.2, 0) is 0 Å². The van der Waals surface area contributed by atoms with Crippen molar-refractivity contribution in [2.45, 2.75) is 39.0 Å². The average molecular weight is 302 g/mol. The van der Waals surface area contributed by atoms with Gasteiger partial charge in [-0.05, 0) is 43.9 Å². The number of amides is 1. The lowest BCUT2D eigenvalue weighted by Crippen LogP contribution is -2.36. The second-order valence-corrected chi connectivity index (χ2v) is 6.23. The van der Waals surface area contributed by atoms with Crippen LogP contribution in [0.3, 0.4) is 0 Å². The van der Waals surface area contributed by atoms with Crippen molar-refractivity contribution in [1.29, 1.82) is 0 Å². The Morgan fingerprint density at radius 3 is 2.77 bits per heavy atom. The molecule has 0 saturated heterocycles. The molecule has 3 nitrogen and oxygen atoms in total. The summed E-state index contributed by atoms with van der Waals surface area (Å²) in [5.41, 5.74) is 1.16. The second-order valence-electron chi connectivity index (χ2n) is 6.23. The average Bonchev–Trinajstić information content (AvgIpc) is 2.98. The number of aromatic amines is 1. The van der Waals surface area contributed by atoms with Gasteiger partial charge in [0.05, 0.1) is 0 Å². The fraction of sp³-hybridized carbons (Fsp3) is 0.500. The smallest absolute Gasteiger partial charge is 0.270 e. The Bertz CT molecular complexity index is 658. The highest BCUT2D eigenvalue weighted by molar-refractivity contribution is 5.98. The predicted molar refractivity (Wildman–Crippen MR) is 86.4 cm³/mol. The molecule has 0 aliphatic heterocycles. The molecule has 1 aliphatic rings. The molecule has 1 amide bonds. The van der Waals surface area contributed by atoms with Crippen molar-refractivity contribution < 1.29 is 9.18 Å². The molecule has 118 valence electrons. The fourth-order valence-electron chi connectivity index (χ4n) is 3.44. The Labute approximate surface area is 130 Å². The first-order valence-corrected chi connectivity index (χ1v) is 8.25. The van der Waals surface area contributed by atoms with E-state index in [-0.39, 0.29) is 11.7 Å². The van der Waals surface area contributed by atoms with Crippen LogP contribution in [0, 0.1) is 11.7 Å². The quantitative estimate of drug-likeness (QED) is 0.895. The first-order chi connectivity index (χ1) is 10.7. The van der Waals surface area contributed by atoms with E-state index >= 15 is 0 Å². The van der Waals surface area contributed by atoms with Crippen LogP contribution in [0.1, 0.15) is 49.5 Å². The molecule has 4 heteroatoms. The number of benzene rings is 1. The summed E-state index contributed by atoms with van der Waals surface area (Å²) in [5, 5.41) is 0.486. The molecule has 1 saturated carbocycles. The Morgan fingerprint density at radius 2 is 2.09 bits per heavy atom. The van der Waals surface area contributed by atoms with Crippen LogP contribution < -0.4 is 0 Å². The van der Waals surface area contributed by atoms with Gasteiger partial charge < -0.3 is 9.88 Å². The van der Waals surface area contributed by atoms with Crippen molar-refractivity contribution in [2.24, 2.45) is 5.92 Å². The summed E-state index contributed by atoms with van der Waals surface area (Å²) in [4.78, 5) is 17.6. The van der Waals surface area contributed by atoms with Gasteiger partial charge in [0.2, 0.25) is 0 Å². The van der Waals surface area contributed by atoms with Gasteiger partial charge in [0.25, 0.3) is 5.91 Å². The van der Waals surface area contributed by atoms with Gasteiger partial charge in [0.1, 0.15) is 11.5 Å². The van der Waals surface area contributed by atoms with Crippen molar-refractivity contribution in [1.82, 2.24) is 9.88 Å². The maximum atomic E-state index is 13.8. The van der Waals surface area contributed by atoms with E-state index in [1.54, 1.807) is 18.2 Å². The summed E-state index contributed by atoms with van der Waals surface area (Å²) in [6.45, 7) is 3.50. The van der Waals surface area contributed by atoms with E-state index in [0.29, 0.717) is 29.1 Å². The SMILES string of the molecule is CCN(CC1CCCCC1)C(=O)c1cc2c(F)cccc2[nH]1. The van der Waals surface area contributed by atoms with Gasteiger partial charge in [-0.3, -0.25) is 4.79 Å². The third-order valence-electron chi connectivity index (χ3n) is 4.71. The van der Waals surface area contributed by atoms with Gasteiger partial charge in [0, 0.05) is 24.0 Å². The number of halogens is 1. The minimum absolute atomic E-state index is 0.0244. The predicted octanol–water partition coefficient (Wildman–Crippen LogP) is 4.35. The molecule has 0 bridgehead atoms. The van der Waals surface area contributed by atoms with Crippen molar-refractivity contribution in [2.75, 3.05) is 13.1 Å². The molecule has 1 heterocycles. The Morgan fingerprint density at radius 1 is 1.32 bits per heavy atom. The number of H-pyrrole nitrogens is 1. The largest absolute Gasteiger partial charge is 0.350 e. The molecule has 1 fully saturated rings. The van der Waals surface area contributed by atoms with Crippen LogP contribution in [0.4, 0.5) is 4.39 Å². The van der Waals surface area contributed by atoms with Crippen molar-refractivity contribution in [3.63, 3.8) is 0 Å². The maximum Gasteiger partial charge on any atom is 0.270 e. The normalized spacial score (nSPS) is 16.1. The molecule has 22 heavy (non-hydrogen) atoms. The standard InChI is InChI=1S/C18H23FN2O/c1-2-21(12-13-7-4-3-5-8-13)18(22)17-11-14-15(19)9-6-10-16(14)20-17/h6,9-11,13,20H,2-5,7-8,12H2,1H3. The topological polar surface area (TPSA) is 36.1 Å². The summed E-state index contributed by atoms with van der Waals surface area (Å²) < 4.78 is 13.8. The monoisotopic (exact) mass is 302 g/mol. The molecule has 0 radical (unpaired) electrons. The fourth-order valence-corrected chi connectivity index (χ4v) is 3.44. The van der Waals surface area contributed by atoms with Crippen LogP contribution in [0.15, 0.2) is 24.3 Å². The first-order valence-electron chi connectivity index (χ1n) is 8.25. The zero-order valence-corrected chi connectivity index (χ0v) is 13.1. The van der Waals surface area contributed by atoms with Gasteiger partial charge in [-0.1, -0.05) is 25.3 Å². The van der Waals surface area contributed by atoms with E-state index in [4.69, 9.17) is 0 Å². The third kappa shape index (κ3) is 3.01. The molecule has 0 atom stereocenters. The summed E-state index contributed by atoms with van der Waals surface area (Å²) in [6, 6.07) is 6.51. The number of aromatic nitrogens is 1. The third-order valence-corrected chi connectivity index (χ3v) is 4.71. The Hall–Kier alpha value is -1.84.